The van der Waals surface area contributed by atoms with E-state index < -0.39 is 11.6 Å². The van der Waals surface area contributed by atoms with Crippen molar-refractivity contribution in [3.8, 4) is 17.0 Å². The molecule has 1 heterocycles. The number of carbonyl (C=O) groups excluding carboxylic acids is 1. The highest BCUT2D eigenvalue weighted by atomic mass is 19.1. The Morgan fingerprint density at radius 2 is 2.09 bits per heavy atom. The van der Waals surface area contributed by atoms with Crippen LogP contribution in [0.4, 0.5) is 8.78 Å². The molecule has 1 aromatic heterocycles. The van der Waals surface area contributed by atoms with E-state index in [4.69, 9.17) is 4.74 Å². The molecule has 0 saturated heterocycles. The number of rotatable bonds is 6. The molecule has 0 spiro atoms. The summed E-state index contributed by atoms with van der Waals surface area (Å²) in [6.07, 6.45) is 2.08. The number of halogens is 2. The number of likely N-dealkylation sites (N-methyl/N-ethyl adjacent to an activating group) is 1. The third-order valence-electron chi connectivity index (χ3n) is 3.59. The number of pyridine rings is 1. The van der Waals surface area contributed by atoms with Crippen LogP contribution < -0.4 is 10.1 Å². The summed E-state index contributed by atoms with van der Waals surface area (Å²) in [6, 6.07) is 5.08. The Morgan fingerprint density at radius 3 is 2.61 bits per heavy atom. The van der Waals surface area contributed by atoms with Crippen LogP contribution in [0.5, 0.6) is 5.75 Å². The van der Waals surface area contributed by atoms with Gasteiger partial charge in [-0.25, -0.2) is 8.78 Å². The van der Waals surface area contributed by atoms with Gasteiger partial charge in [-0.15, -0.1) is 0 Å². The van der Waals surface area contributed by atoms with Crippen molar-refractivity contribution in [3.05, 3.63) is 47.7 Å². The zero-order chi connectivity index (χ0) is 17.0. The Bertz CT molecular complexity index is 702. The van der Waals surface area contributed by atoms with Gasteiger partial charge in [0, 0.05) is 17.8 Å². The number of nitrogens with zero attached hydrogens (tertiary/aromatic N) is 1. The lowest BCUT2D eigenvalue weighted by molar-refractivity contribution is -0.118. The highest BCUT2D eigenvalue weighted by molar-refractivity contribution is 5.81. The highest BCUT2D eigenvalue weighted by Gasteiger charge is 2.16. The molecule has 0 fully saturated rings. The topological polar surface area (TPSA) is 51.2 Å². The van der Waals surface area contributed by atoms with E-state index in [2.05, 4.69) is 10.3 Å². The molecule has 0 aliphatic heterocycles. The number of aromatic nitrogens is 1. The molecule has 0 amide bonds. The van der Waals surface area contributed by atoms with E-state index in [1.54, 1.807) is 25.4 Å². The van der Waals surface area contributed by atoms with Crippen LogP contribution in [0.25, 0.3) is 11.3 Å². The van der Waals surface area contributed by atoms with Gasteiger partial charge in [0.1, 0.15) is 11.6 Å². The number of ether oxygens (including phenoxy) is 1. The first kappa shape index (κ1) is 17.0. The van der Waals surface area contributed by atoms with E-state index in [9.17, 15) is 13.6 Å². The number of Topliss-reactive ketones (excluding diaryl/α,β-unsaturated/α-hetero) is 1. The third kappa shape index (κ3) is 3.90. The summed E-state index contributed by atoms with van der Waals surface area (Å²) in [6.45, 7) is 1.52. The first-order valence-corrected chi connectivity index (χ1v) is 7.12. The predicted octanol–water partition coefficient (Wildman–Crippen LogP) is 2.75. The Hall–Kier alpha value is -2.34. The zero-order valence-electron chi connectivity index (χ0n) is 13.2. The fraction of sp³-hybridized carbons (Fsp3) is 0.294. The fourth-order valence-electron chi connectivity index (χ4n) is 2.35. The molecule has 23 heavy (non-hydrogen) atoms. The minimum atomic E-state index is -0.778. The SMILES string of the molecule is CN[C@@H](Cc1ccc(-c2cc(F)cc(F)c2OC)nc1)C(C)=O. The smallest absolute Gasteiger partial charge is 0.168 e. The maximum absolute atomic E-state index is 13.7. The number of hydrogen-bond acceptors (Lipinski definition) is 4. The van der Waals surface area contributed by atoms with Gasteiger partial charge in [0.15, 0.2) is 11.6 Å². The van der Waals surface area contributed by atoms with E-state index in [1.807, 2.05) is 0 Å². The van der Waals surface area contributed by atoms with Crippen LogP contribution in [0.1, 0.15) is 12.5 Å². The number of ketones is 1. The molecule has 0 radical (unpaired) electrons. The lowest BCUT2D eigenvalue weighted by atomic mass is 10.0. The second kappa shape index (κ2) is 7.28. The molecule has 0 unspecified atom stereocenters. The Kier molecular flexibility index (Phi) is 5.39. The Balaban J connectivity index is 2.32. The first-order chi connectivity index (χ1) is 11.0. The summed E-state index contributed by atoms with van der Waals surface area (Å²) >= 11 is 0. The van der Waals surface area contributed by atoms with Crippen LogP contribution in [0, 0.1) is 11.6 Å². The largest absolute Gasteiger partial charge is 0.493 e. The van der Waals surface area contributed by atoms with Crippen molar-refractivity contribution in [2.75, 3.05) is 14.2 Å². The number of nitrogens with one attached hydrogen (secondary N) is 1. The second-order valence-electron chi connectivity index (χ2n) is 5.18. The van der Waals surface area contributed by atoms with Crippen molar-refractivity contribution < 1.29 is 18.3 Å². The van der Waals surface area contributed by atoms with Crippen molar-refractivity contribution in [2.24, 2.45) is 0 Å². The van der Waals surface area contributed by atoms with Crippen molar-refractivity contribution in [1.82, 2.24) is 10.3 Å². The maximum atomic E-state index is 13.7. The van der Waals surface area contributed by atoms with Gasteiger partial charge in [-0.05, 0) is 38.1 Å². The molecule has 2 aromatic rings. The Labute approximate surface area is 133 Å². The van der Waals surface area contributed by atoms with Gasteiger partial charge in [0.2, 0.25) is 0 Å². The van der Waals surface area contributed by atoms with Gasteiger partial charge in [0.05, 0.1) is 18.8 Å². The van der Waals surface area contributed by atoms with E-state index in [0.29, 0.717) is 12.1 Å². The zero-order valence-corrected chi connectivity index (χ0v) is 13.2. The summed E-state index contributed by atoms with van der Waals surface area (Å²) in [5, 5.41) is 2.93. The van der Waals surface area contributed by atoms with Crippen LogP contribution in [0.15, 0.2) is 30.5 Å². The number of methoxy groups -OCH3 is 1. The van der Waals surface area contributed by atoms with Crippen LogP contribution in [-0.2, 0) is 11.2 Å². The molecule has 2 rings (SSSR count). The maximum Gasteiger partial charge on any atom is 0.168 e. The van der Waals surface area contributed by atoms with Crippen LogP contribution in [0.2, 0.25) is 0 Å². The molecular formula is C17H18F2N2O2. The summed E-state index contributed by atoms with van der Waals surface area (Å²) in [5.74, 6) is -1.50. The fourth-order valence-corrected chi connectivity index (χ4v) is 2.35. The van der Waals surface area contributed by atoms with Gasteiger partial charge in [0.25, 0.3) is 0 Å². The summed E-state index contributed by atoms with van der Waals surface area (Å²) in [5.41, 5.74) is 1.49. The number of carbonyl (C=O) groups is 1. The van der Waals surface area contributed by atoms with Gasteiger partial charge < -0.3 is 10.1 Å². The van der Waals surface area contributed by atoms with Crippen molar-refractivity contribution >= 4 is 5.78 Å². The van der Waals surface area contributed by atoms with Gasteiger partial charge in [-0.3, -0.25) is 9.78 Å². The van der Waals surface area contributed by atoms with E-state index in [1.165, 1.54) is 20.1 Å². The standard InChI is InChI=1S/C17H18F2N2O2/c1-10(22)16(20-2)6-11-4-5-15(21-9-11)13-7-12(18)8-14(19)17(13)23-3/h4-5,7-9,16,20H,6H2,1-3H3/t16-/m0/s1. The van der Waals surface area contributed by atoms with Crippen molar-refractivity contribution in [2.45, 2.75) is 19.4 Å². The molecule has 0 aliphatic carbocycles. The first-order valence-electron chi connectivity index (χ1n) is 7.12. The molecule has 4 nitrogen and oxygen atoms in total. The van der Waals surface area contributed by atoms with Crippen LogP contribution in [0.3, 0.4) is 0 Å². The average molecular weight is 320 g/mol. The minimum absolute atomic E-state index is 0.0328. The molecule has 0 aliphatic rings. The van der Waals surface area contributed by atoms with Crippen LogP contribution >= 0.6 is 0 Å². The molecule has 0 bridgehead atoms. The third-order valence-corrected chi connectivity index (χ3v) is 3.59. The Morgan fingerprint density at radius 1 is 1.35 bits per heavy atom. The quantitative estimate of drug-likeness (QED) is 0.889. The van der Waals surface area contributed by atoms with Gasteiger partial charge in [-0.2, -0.15) is 0 Å². The lowest BCUT2D eigenvalue weighted by Gasteiger charge is -2.13. The van der Waals surface area contributed by atoms with Gasteiger partial charge >= 0.3 is 0 Å². The molecule has 0 saturated carbocycles. The predicted molar refractivity (Wildman–Crippen MR) is 83.4 cm³/mol. The van der Waals surface area contributed by atoms with E-state index in [-0.39, 0.29) is 23.1 Å². The molecule has 1 N–H and O–H groups in total. The highest BCUT2D eigenvalue weighted by Crippen LogP contribution is 2.32. The van der Waals surface area contributed by atoms with E-state index in [0.717, 1.165) is 11.6 Å². The van der Waals surface area contributed by atoms with Crippen molar-refractivity contribution in [1.29, 1.82) is 0 Å². The number of hydrogen-bond donors (Lipinski definition) is 1. The molecule has 122 valence electrons. The van der Waals surface area contributed by atoms with Gasteiger partial charge in [-0.1, -0.05) is 6.07 Å². The molecule has 1 atom stereocenters. The van der Waals surface area contributed by atoms with Crippen LogP contribution in [-0.4, -0.2) is 31.0 Å². The normalized spacial score (nSPS) is 12.0. The van der Waals surface area contributed by atoms with E-state index >= 15 is 0 Å². The average Bonchev–Trinajstić information content (AvgIpc) is 2.52. The summed E-state index contributed by atoms with van der Waals surface area (Å²) in [4.78, 5) is 15.7. The molecular weight excluding hydrogens is 302 g/mol. The summed E-state index contributed by atoms with van der Waals surface area (Å²) < 4.78 is 32.2. The van der Waals surface area contributed by atoms with Crippen molar-refractivity contribution in [3.63, 3.8) is 0 Å². The second-order valence-corrected chi connectivity index (χ2v) is 5.18. The summed E-state index contributed by atoms with van der Waals surface area (Å²) in [7, 11) is 3.03. The minimum Gasteiger partial charge on any atom is -0.493 e. The number of benzene rings is 1. The molecule has 6 heteroatoms. The molecule has 1 aromatic carbocycles. The lowest BCUT2D eigenvalue weighted by Crippen LogP contribution is -2.34. The monoisotopic (exact) mass is 320 g/mol.